The highest BCUT2D eigenvalue weighted by atomic mass is 19.1. The summed E-state index contributed by atoms with van der Waals surface area (Å²) in [6.45, 7) is 1.96. The number of hydrogen-bond donors (Lipinski definition) is 2. The molecule has 3 aromatic rings. The Morgan fingerprint density at radius 1 is 1.11 bits per heavy atom. The van der Waals surface area contributed by atoms with E-state index in [1.165, 1.54) is 23.0 Å². The fourth-order valence-electron chi connectivity index (χ4n) is 2.69. The first-order chi connectivity index (χ1) is 13.5. The Labute approximate surface area is 160 Å². The third kappa shape index (κ3) is 4.40. The molecule has 0 fully saturated rings. The predicted molar refractivity (Wildman–Crippen MR) is 102 cm³/mol. The Kier molecular flexibility index (Phi) is 5.78. The van der Waals surface area contributed by atoms with Gasteiger partial charge in [0.25, 0.3) is 5.91 Å². The summed E-state index contributed by atoms with van der Waals surface area (Å²) in [6, 6.07) is 11.2. The van der Waals surface area contributed by atoms with Gasteiger partial charge < -0.3 is 10.6 Å². The lowest BCUT2D eigenvalue weighted by Gasteiger charge is -2.10. The largest absolute Gasteiger partial charge is 0.353 e. The average molecular weight is 382 g/mol. The zero-order chi connectivity index (χ0) is 20.1. The topological polar surface area (TPSA) is 93.1 Å². The molecule has 2 amide bonds. The summed E-state index contributed by atoms with van der Waals surface area (Å²) < 4.78 is 15.0. The molecular weight excluding hydrogens is 363 g/mol. The molecule has 1 heterocycles. The van der Waals surface area contributed by atoms with Crippen LogP contribution in [0.25, 0.3) is 10.9 Å². The summed E-state index contributed by atoms with van der Waals surface area (Å²) in [5.41, 5.74) is 1.05. The minimum atomic E-state index is -0.443. The molecule has 0 aliphatic carbocycles. The van der Waals surface area contributed by atoms with Crippen molar-refractivity contribution in [3.63, 3.8) is 0 Å². The van der Waals surface area contributed by atoms with E-state index in [0.29, 0.717) is 16.5 Å². The highest BCUT2D eigenvalue weighted by Crippen LogP contribution is 2.09. The molecule has 0 spiro atoms. The number of carbonyl (C=O) groups excluding carboxylic acids is 2. The molecule has 0 unspecified atom stereocenters. The highest BCUT2D eigenvalue weighted by molar-refractivity contribution is 5.94. The molecule has 0 atom stereocenters. The van der Waals surface area contributed by atoms with Crippen molar-refractivity contribution in [3.8, 4) is 0 Å². The van der Waals surface area contributed by atoms with E-state index in [-0.39, 0.29) is 36.5 Å². The van der Waals surface area contributed by atoms with Crippen molar-refractivity contribution in [1.29, 1.82) is 0 Å². The van der Waals surface area contributed by atoms with Crippen LogP contribution in [0.4, 0.5) is 4.39 Å². The van der Waals surface area contributed by atoms with Gasteiger partial charge in [0.05, 0.1) is 11.7 Å². The molecule has 7 nitrogen and oxygen atoms in total. The van der Waals surface area contributed by atoms with Crippen LogP contribution in [0, 0.1) is 12.7 Å². The number of halogens is 1. The molecule has 0 aliphatic rings. The number of amides is 2. The lowest BCUT2D eigenvalue weighted by atomic mass is 10.1. The van der Waals surface area contributed by atoms with Crippen molar-refractivity contribution >= 4 is 22.7 Å². The molecule has 8 heteroatoms. The molecule has 1 aromatic heterocycles. The average Bonchev–Trinajstić information content (AvgIpc) is 2.69. The summed E-state index contributed by atoms with van der Waals surface area (Å²) in [4.78, 5) is 35.9. The standard InChI is InChI=1S/C20H19FN4O3/c1-13-6-7-14(10-16(13)21)20(28)23-9-8-22-19(27)12-25-17-5-3-2-4-15(17)18(26)11-24-25/h2-7,10-11H,8-9,12H2,1H3,(H,22,27)(H,23,28). The van der Waals surface area contributed by atoms with Gasteiger partial charge in [-0.3, -0.25) is 19.1 Å². The van der Waals surface area contributed by atoms with Gasteiger partial charge in [-0.15, -0.1) is 0 Å². The van der Waals surface area contributed by atoms with Crippen LogP contribution in [0.15, 0.2) is 53.5 Å². The van der Waals surface area contributed by atoms with Gasteiger partial charge >= 0.3 is 0 Å². The van der Waals surface area contributed by atoms with E-state index in [1.54, 1.807) is 37.3 Å². The third-order valence-corrected chi connectivity index (χ3v) is 4.22. The zero-order valence-corrected chi connectivity index (χ0v) is 15.2. The first-order valence-corrected chi connectivity index (χ1v) is 8.71. The summed E-state index contributed by atoms with van der Waals surface area (Å²) in [7, 11) is 0. The number of fused-ring (bicyclic) bond motifs is 1. The Morgan fingerprint density at radius 3 is 2.64 bits per heavy atom. The van der Waals surface area contributed by atoms with Crippen LogP contribution in [0.2, 0.25) is 0 Å². The predicted octanol–water partition coefficient (Wildman–Crippen LogP) is 1.39. The summed E-state index contributed by atoms with van der Waals surface area (Å²) in [5.74, 6) is -1.17. The Morgan fingerprint density at radius 2 is 1.86 bits per heavy atom. The van der Waals surface area contributed by atoms with Crippen molar-refractivity contribution in [3.05, 3.63) is 75.8 Å². The fourth-order valence-corrected chi connectivity index (χ4v) is 2.69. The lowest BCUT2D eigenvalue weighted by molar-refractivity contribution is -0.121. The molecule has 0 saturated heterocycles. The smallest absolute Gasteiger partial charge is 0.251 e. The van der Waals surface area contributed by atoms with Crippen molar-refractivity contribution in [2.75, 3.05) is 13.1 Å². The maximum atomic E-state index is 13.5. The van der Waals surface area contributed by atoms with E-state index in [2.05, 4.69) is 15.7 Å². The minimum absolute atomic E-state index is 0.0576. The molecule has 2 aromatic carbocycles. The van der Waals surface area contributed by atoms with Crippen LogP contribution in [-0.4, -0.2) is 34.7 Å². The Bertz CT molecular complexity index is 1090. The van der Waals surface area contributed by atoms with Crippen molar-refractivity contribution in [1.82, 2.24) is 20.4 Å². The summed E-state index contributed by atoms with van der Waals surface area (Å²) >= 11 is 0. The second-order valence-corrected chi connectivity index (χ2v) is 6.25. The molecule has 144 valence electrons. The minimum Gasteiger partial charge on any atom is -0.353 e. The number of hydrogen-bond acceptors (Lipinski definition) is 4. The van der Waals surface area contributed by atoms with Crippen LogP contribution in [0.5, 0.6) is 0 Å². The second kappa shape index (κ2) is 8.43. The molecular formula is C20H19FN4O3. The lowest BCUT2D eigenvalue weighted by Crippen LogP contribution is -2.36. The molecule has 2 N–H and O–H groups in total. The normalized spacial score (nSPS) is 10.6. The van der Waals surface area contributed by atoms with E-state index >= 15 is 0 Å². The molecule has 0 aliphatic heterocycles. The number of aromatic nitrogens is 2. The van der Waals surface area contributed by atoms with Gasteiger partial charge in [0.15, 0.2) is 0 Å². The van der Waals surface area contributed by atoms with Gasteiger partial charge in [0.1, 0.15) is 12.4 Å². The number of aryl methyl sites for hydroxylation is 1. The molecule has 28 heavy (non-hydrogen) atoms. The number of carbonyl (C=O) groups is 2. The van der Waals surface area contributed by atoms with Gasteiger partial charge in [-0.2, -0.15) is 5.10 Å². The molecule has 3 rings (SSSR count). The van der Waals surface area contributed by atoms with Crippen molar-refractivity contribution < 1.29 is 14.0 Å². The quantitative estimate of drug-likeness (QED) is 0.630. The number of nitrogens with zero attached hydrogens (tertiary/aromatic N) is 2. The number of benzene rings is 2. The van der Waals surface area contributed by atoms with E-state index in [0.717, 1.165) is 0 Å². The van der Waals surface area contributed by atoms with Gasteiger partial charge in [0, 0.05) is 24.0 Å². The van der Waals surface area contributed by atoms with Crippen molar-refractivity contribution in [2.45, 2.75) is 13.5 Å². The zero-order valence-electron chi connectivity index (χ0n) is 15.2. The van der Waals surface area contributed by atoms with Crippen LogP contribution in [0.1, 0.15) is 15.9 Å². The van der Waals surface area contributed by atoms with E-state index in [9.17, 15) is 18.8 Å². The van der Waals surface area contributed by atoms with E-state index < -0.39 is 11.7 Å². The van der Waals surface area contributed by atoms with Gasteiger partial charge in [-0.25, -0.2) is 4.39 Å². The third-order valence-electron chi connectivity index (χ3n) is 4.22. The first kappa shape index (κ1) is 19.2. The maximum Gasteiger partial charge on any atom is 0.251 e. The molecule has 0 saturated carbocycles. The van der Waals surface area contributed by atoms with Gasteiger partial charge in [0.2, 0.25) is 11.3 Å². The van der Waals surface area contributed by atoms with E-state index in [4.69, 9.17) is 0 Å². The number of para-hydroxylation sites is 1. The van der Waals surface area contributed by atoms with Crippen LogP contribution < -0.4 is 16.1 Å². The van der Waals surface area contributed by atoms with Crippen LogP contribution in [-0.2, 0) is 11.3 Å². The van der Waals surface area contributed by atoms with Crippen LogP contribution in [0.3, 0.4) is 0 Å². The second-order valence-electron chi connectivity index (χ2n) is 6.25. The summed E-state index contributed by atoms with van der Waals surface area (Å²) in [5, 5.41) is 9.77. The monoisotopic (exact) mass is 382 g/mol. The number of nitrogens with one attached hydrogen (secondary N) is 2. The van der Waals surface area contributed by atoms with Crippen LogP contribution >= 0.6 is 0 Å². The number of rotatable bonds is 6. The van der Waals surface area contributed by atoms with Gasteiger partial charge in [-0.1, -0.05) is 18.2 Å². The maximum absolute atomic E-state index is 13.5. The SMILES string of the molecule is Cc1ccc(C(=O)NCCNC(=O)Cn2ncc(=O)c3ccccc32)cc1F. The van der Waals surface area contributed by atoms with Gasteiger partial charge in [-0.05, 0) is 36.8 Å². The fraction of sp³-hybridized carbons (Fsp3) is 0.200. The molecule has 0 radical (unpaired) electrons. The first-order valence-electron chi connectivity index (χ1n) is 8.71. The summed E-state index contributed by atoms with van der Waals surface area (Å²) in [6.07, 6.45) is 1.18. The van der Waals surface area contributed by atoms with Crippen molar-refractivity contribution in [2.24, 2.45) is 0 Å². The molecule has 0 bridgehead atoms. The Balaban J connectivity index is 1.51. The van der Waals surface area contributed by atoms with E-state index in [1.807, 2.05) is 0 Å². The Hall–Kier alpha value is -3.55. The highest BCUT2D eigenvalue weighted by Gasteiger charge is 2.09.